The molecule has 0 saturated carbocycles. The SMILES string of the molecule is COC(=O)CC[C@H]1CN(S(=O)(=O)c2cccc(C(F)(F)F)c2)c2cc(C3=CCCN(C(=O)OC(C)(C)C)C3)ccc2O1. The van der Waals surface area contributed by atoms with Crippen LogP contribution < -0.4 is 9.04 Å². The second-order valence-corrected chi connectivity index (χ2v) is 12.9. The molecule has 0 saturated heterocycles. The topological polar surface area (TPSA) is 102 Å². The van der Waals surface area contributed by atoms with Crippen LogP contribution in [-0.4, -0.2) is 63.8 Å². The van der Waals surface area contributed by atoms with E-state index in [9.17, 15) is 31.2 Å². The molecule has 0 aliphatic carbocycles. The van der Waals surface area contributed by atoms with Crippen molar-refractivity contribution >= 4 is 33.3 Å². The van der Waals surface area contributed by atoms with Crippen molar-refractivity contribution in [2.24, 2.45) is 0 Å². The van der Waals surface area contributed by atoms with Crippen molar-refractivity contribution in [2.45, 2.75) is 62.8 Å². The highest BCUT2D eigenvalue weighted by molar-refractivity contribution is 7.92. The number of halogens is 3. The average Bonchev–Trinajstić information content (AvgIpc) is 2.94. The van der Waals surface area contributed by atoms with Gasteiger partial charge in [0.25, 0.3) is 10.0 Å². The third kappa shape index (κ3) is 7.18. The number of methoxy groups -OCH3 is 1. The van der Waals surface area contributed by atoms with E-state index < -0.39 is 50.4 Å². The zero-order valence-electron chi connectivity index (χ0n) is 23.7. The van der Waals surface area contributed by atoms with Crippen molar-refractivity contribution < 1.29 is 45.4 Å². The van der Waals surface area contributed by atoms with Crippen LogP contribution in [0.3, 0.4) is 0 Å². The van der Waals surface area contributed by atoms with E-state index in [2.05, 4.69) is 4.74 Å². The normalized spacial score (nSPS) is 17.6. The van der Waals surface area contributed by atoms with E-state index in [1.54, 1.807) is 43.9 Å². The third-order valence-electron chi connectivity index (χ3n) is 6.71. The second-order valence-electron chi connectivity index (χ2n) is 11.0. The summed E-state index contributed by atoms with van der Waals surface area (Å²) in [4.78, 5) is 25.4. The summed E-state index contributed by atoms with van der Waals surface area (Å²) in [7, 11) is -3.26. The molecule has 1 amide bonds. The van der Waals surface area contributed by atoms with Crippen LogP contribution in [-0.2, 0) is 30.5 Å². The van der Waals surface area contributed by atoms with Crippen molar-refractivity contribution in [1.82, 2.24) is 4.90 Å². The van der Waals surface area contributed by atoms with E-state index in [1.807, 2.05) is 6.08 Å². The van der Waals surface area contributed by atoms with E-state index in [4.69, 9.17) is 9.47 Å². The summed E-state index contributed by atoms with van der Waals surface area (Å²) < 4.78 is 85.2. The summed E-state index contributed by atoms with van der Waals surface area (Å²) >= 11 is 0. The Kier molecular flexibility index (Phi) is 8.81. The second kappa shape index (κ2) is 11.9. The molecule has 0 N–H and O–H groups in total. The molecule has 2 aliphatic rings. The van der Waals surface area contributed by atoms with Crippen molar-refractivity contribution in [2.75, 3.05) is 31.0 Å². The minimum absolute atomic E-state index is 0.0422. The molecule has 1 atom stereocenters. The molecule has 2 aliphatic heterocycles. The average molecular weight is 611 g/mol. The molecule has 13 heteroatoms. The summed E-state index contributed by atoms with van der Waals surface area (Å²) in [6.45, 7) is 5.74. The van der Waals surface area contributed by atoms with Crippen molar-refractivity contribution in [3.05, 3.63) is 59.7 Å². The molecule has 0 spiro atoms. The summed E-state index contributed by atoms with van der Waals surface area (Å²) in [5, 5.41) is 0. The molecule has 0 aromatic heterocycles. The van der Waals surface area contributed by atoms with Gasteiger partial charge in [-0.2, -0.15) is 13.2 Å². The lowest BCUT2D eigenvalue weighted by Crippen LogP contribution is -2.44. The van der Waals surface area contributed by atoms with Crippen LogP contribution in [0.2, 0.25) is 0 Å². The van der Waals surface area contributed by atoms with Crippen LogP contribution in [0.15, 0.2) is 53.4 Å². The van der Waals surface area contributed by atoms with Crippen LogP contribution >= 0.6 is 0 Å². The number of anilines is 1. The number of rotatable bonds is 6. The fourth-order valence-electron chi connectivity index (χ4n) is 4.67. The summed E-state index contributed by atoms with van der Waals surface area (Å²) in [6.07, 6.45) is -3.41. The van der Waals surface area contributed by atoms with Gasteiger partial charge < -0.3 is 19.1 Å². The predicted octanol–water partition coefficient (Wildman–Crippen LogP) is 5.64. The van der Waals surface area contributed by atoms with Gasteiger partial charge in [-0.05, 0) is 75.1 Å². The van der Waals surface area contributed by atoms with Gasteiger partial charge in [-0.1, -0.05) is 18.2 Å². The fourth-order valence-corrected chi connectivity index (χ4v) is 6.21. The summed E-state index contributed by atoms with van der Waals surface area (Å²) in [5.41, 5.74) is -0.274. The largest absolute Gasteiger partial charge is 0.486 e. The van der Waals surface area contributed by atoms with Gasteiger partial charge in [-0.15, -0.1) is 0 Å². The number of alkyl halides is 3. The van der Waals surface area contributed by atoms with Gasteiger partial charge in [0, 0.05) is 19.5 Å². The zero-order chi connectivity index (χ0) is 30.9. The number of amides is 1. The van der Waals surface area contributed by atoms with Gasteiger partial charge in [0.15, 0.2) is 0 Å². The van der Waals surface area contributed by atoms with Crippen LogP contribution in [0.4, 0.5) is 23.7 Å². The maximum absolute atomic E-state index is 13.9. The lowest BCUT2D eigenvalue weighted by Gasteiger charge is -2.36. The maximum atomic E-state index is 13.9. The molecule has 0 fully saturated rings. The molecule has 4 rings (SSSR count). The Morgan fingerprint density at radius 2 is 1.83 bits per heavy atom. The van der Waals surface area contributed by atoms with Crippen molar-refractivity contribution in [1.29, 1.82) is 0 Å². The maximum Gasteiger partial charge on any atom is 0.416 e. The molecule has 0 radical (unpaired) electrons. The molecule has 0 bridgehead atoms. The number of esters is 1. The molecule has 2 heterocycles. The minimum Gasteiger partial charge on any atom is -0.486 e. The van der Waals surface area contributed by atoms with E-state index >= 15 is 0 Å². The van der Waals surface area contributed by atoms with E-state index in [0.29, 0.717) is 24.6 Å². The van der Waals surface area contributed by atoms with Gasteiger partial charge in [0.1, 0.15) is 17.5 Å². The lowest BCUT2D eigenvalue weighted by atomic mass is 10.00. The van der Waals surface area contributed by atoms with Gasteiger partial charge in [0.2, 0.25) is 0 Å². The quantitative estimate of drug-likeness (QED) is 0.390. The highest BCUT2D eigenvalue weighted by Gasteiger charge is 2.37. The first kappa shape index (κ1) is 31.2. The Labute approximate surface area is 242 Å². The molecule has 2 aromatic rings. The van der Waals surface area contributed by atoms with Gasteiger partial charge >= 0.3 is 18.2 Å². The number of carbonyl (C=O) groups is 2. The number of ether oxygens (including phenoxy) is 3. The first-order valence-corrected chi connectivity index (χ1v) is 14.8. The molecular formula is C29H33F3N2O7S. The number of hydrogen-bond acceptors (Lipinski definition) is 7. The Hall–Kier alpha value is -3.74. The third-order valence-corrected chi connectivity index (χ3v) is 8.49. The van der Waals surface area contributed by atoms with Gasteiger partial charge in [-0.25, -0.2) is 13.2 Å². The minimum atomic E-state index is -4.74. The standard InChI is InChI=1S/C29H33F3N2O7S/c1-28(2,3)41-27(36)33-14-6-7-20(17-33)19-10-12-25-24(15-19)34(18-22(40-25)11-13-26(35)39-4)42(37,38)23-9-5-8-21(16-23)29(30,31)32/h5,7-10,12,15-16,22H,6,11,13-14,17-18H2,1-4H3/t22-/m0/s1. The molecule has 2 aromatic carbocycles. The fraction of sp³-hybridized carbons (Fsp3) is 0.448. The summed E-state index contributed by atoms with van der Waals surface area (Å²) in [5.74, 6) is -0.318. The highest BCUT2D eigenvalue weighted by atomic mass is 32.2. The first-order chi connectivity index (χ1) is 19.6. The van der Waals surface area contributed by atoms with Gasteiger partial charge in [-0.3, -0.25) is 9.10 Å². The van der Waals surface area contributed by atoms with Crippen molar-refractivity contribution in [3.8, 4) is 5.75 Å². The van der Waals surface area contributed by atoms with E-state index in [-0.39, 0.29) is 37.4 Å². The molecule has 9 nitrogen and oxygen atoms in total. The molecule has 0 unspecified atom stereocenters. The summed E-state index contributed by atoms with van der Waals surface area (Å²) in [6, 6.07) is 8.44. The Balaban J connectivity index is 1.71. The van der Waals surface area contributed by atoms with E-state index in [0.717, 1.165) is 28.1 Å². The Morgan fingerprint density at radius 1 is 1.10 bits per heavy atom. The number of nitrogens with zero attached hydrogens (tertiary/aromatic N) is 2. The van der Waals surface area contributed by atoms with Crippen LogP contribution in [0.1, 0.15) is 51.2 Å². The number of benzene rings is 2. The first-order valence-electron chi connectivity index (χ1n) is 13.3. The lowest BCUT2D eigenvalue weighted by molar-refractivity contribution is -0.141. The Bertz CT molecular complexity index is 1480. The van der Waals surface area contributed by atoms with Gasteiger partial charge in [0.05, 0.1) is 29.8 Å². The van der Waals surface area contributed by atoms with E-state index in [1.165, 1.54) is 7.11 Å². The van der Waals surface area contributed by atoms with Crippen LogP contribution in [0.25, 0.3) is 5.57 Å². The molecule has 42 heavy (non-hydrogen) atoms. The smallest absolute Gasteiger partial charge is 0.416 e. The molecule has 228 valence electrons. The number of sulfonamides is 1. The zero-order valence-corrected chi connectivity index (χ0v) is 24.5. The Morgan fingerprint density at radius 3 is 2.50 bits per heavy atom. The predicted molar refractivity (Wildman–Crippen MR) is 148 cm³/mol. The highest BCUT2D eigenvalue weighted by Crippen LogP contribution is 2.41. The van der Waals surface area contributed by atoms with Crippen LogP contribution in [0.5, 0.6) is 5.75 Å². The number of hydrogen-bond donors (Lipinski definition) is 0. The number of carbonyl (C=O) groups excluding carboxylic acids is 2. The molecular weight excluding hydrogens is 577 g/mol. The number of fused-ring (bicyclic) bond motifs is 1. The van der Waals surface area contributed by atoms with Crippen LogP contribution in [0, 0.1) is 0 Å². The van der Waals surface area contributed by atoms with Crippen molar-refractivity contribution in [3.63, 3.8) is 0 Å². The monoisotopic (exact) mass is 610 g/mol.